The van der Waals surface area contributed by atoms with Gasteiger partial charge in [0.1, 0.15) is 23.9 Å². The molecule has 6 nitrogen and oxygen atoms in total. The van der Waals surface area contributed by atoms with Crippen LogP contribution in [0.2, 0.25) is 0 Å². The molecule has 2 fully saturated rings. The molecule has 2 unspecified atom stereocenters. The summed E-state index contributed by atoms with van der Waals surface area (Å²) in [4.78, 5) is 14.4. The van der Waals surface area contributed by atoms with E-state index in [1.165, 1.54) is 16.7 Å². The lowest BCUT2D eigenvalue weighted by molar-refractivity contribution is -0.145. The number of likely N-dealkylation sites (tertiary alicyclic amines) is 1. The summed E-state index contributed by atoms with van der Waals surface area (Å²) in [7, 11) is 3.36. The number of carbonyl (C=O) groups is 1. The minimum atomic E-state index is -0.651. The van der Waals surface area contributed by atoms with Gasteiger partial charge in [0.05, 0.1) is 19.6 Å². The van der Waals surface area contributed by atoms with Gasteiger partial charge in [0, 0.05) is 30.8 Å². The molecule has 5 rings (SSSR count). The molecule has 2 aliphatic heterocycles. The van der Waals surface area contributed by atoms with E-state index in [-0.39, 0.29) is 11.8 Å². The van der Waals surface area contributed by atoms with Crippen molar-refractivity contribution in [2.75, 3.05) is 33.9 Å². The lowest BCUT2D eigenvalue weighted by atomic mass is 9.86. The highest BCUT2D eigenvalue weighted by Gasteiger charge is 2.65. The number of aliphatic carboxylic acids is 1. The van der Waals surface area contributed by atoms with E-state index in [0.29, 0.717) is 13.2 Å². The molecule has 34 heavy (non-hydrogen) atoms. The van der Waals surface area contributed by atoms with Crippen molar-refractivity contribution in [1.82, 2.24) is 4.90 Å². The highest BCUT2D eigenvalue weighted by atomic mass is 16.5. The number of piperidine rings is 1. The van der Waals surface area contributed by atoms with Gasteiger partial charge in [-0.3, -0.25) is 4.79 Å². The molecule has 0 radical (unpaired) electrons. The number of carboxylic acids is 1. The van der Waals surface area contributed by atoms with Crippen LogP contribution in [0.5, 0.6) is 17.2 Å². The van der Waals surface area contributed by atoms with Gasteiger partial charge in [-0.1, -0.05) is 25.5 Å². The molecule has 1 saturated heterocycles. The third-order valence-corrected chi connectivity index (χ3v) is 8.38. The number of nitrogens with zero attached hydrogens (tertiary/aromatic N) is 1. The van der Waals surface area contributed by atoms with Crippen molar-refractivity contribution in [3.05, 3.63) is 58.7 Å². The summed E-state index contributed by atoms with van der Waals surface area (Å²) in [6.07, 6.45) is 1.80. The highest BCUT2D eigenvalue weighted by molar-refractivity contribution is 5.88. The fraction of sp³-hybridized carbons (Fsp3) is 0.464. The number of ether oxygens (including phenoxy) is 3. The molecule has 3 aliphatic rings. The summed E-state index contributed by atoms with van der Waals surface area (Å²) in [5, 5.41) is 9.90. The Morgan fingerprint density at radius 1 is 1.03 bits per heavy atom. The van der Waals surface area contributed by atoms with E-state index in [4.69, 9.17) is 14.2 Å². The van der Waals surface area contributed by atoms with Gasteiger partial charge in [0.2, 0.25) is 0 Å². The second-order valence-corrected chi connectivity index (χ2v) is 9.85. The molecular formula is C28H33NO5. The van der Waals surface area contributed by atoms with Crippen LogP contribution in [0.25, 0.3) is 5.57 Å². The highest BCUT2D eigenvalue weighted by Crippen LogP contribution is 2.59. The van der Waals surface area contributed by atoms with Crippen molar-refractivity contribution < 1.29 is 24.1 Å². The maximum absolute atomic E-state index is 12.0. The SMILES string of the molecule is COc1ccc2c(c1)COc1ccc(OC)cc1C2=C1CCN(CC2(C(=O)O)C(C)C2C)CC1. The van der Waals surface area contributed by atoms with Crippen LogP contribution in [0.3, 0.4) is 0 Å². The lowest BCUT2D eigenvalue weighted by Crippen LogP contribution is -2.40. The Labute approximate surface area is 201 Å². The van der Waals surface area contributed by atoms with Gasteiger partial charge >= 0.3 is 5.97 Å². The molecule has 2 heterocycles. The van der Waals surface area contributed by atoms with Gasteiger partial charge in [0.15, 0.2) is 0 Å². The molecule has 2 aromatic rings. The molecule has 0 amide bonds. The minimum absolute atomic E-state index is 0.227. The van der Waals surface area contributed by atoms with Gasteiger partial charge in [0.25, 0.3) is 0 Å². The van der Waals surface area contributed by atoms with Gasteiger partial charge in [-0.2, -0.15) is 0 Å². The van der Waals surface area contributed by atoms with Gasteiger partial charge in [-0.05, 0) is 66.1 Å². The number of methoxy groups -OCH3 is 2. The predicted octanol–water partition coefficient (Wildman–Crippen LogP) is 4.85. The molecule has 2 aromatic carbocycles. The Bertz CT molecular complexity index is 1140. The van der Waals surface area contributed by atoms with Crippen LogP contribution < -0.4 is 14.2 Å². The zero-order valence-corrected chi connectivity index (χ0v) is 20.4. The summed E-state index contributed by atoms with van der Waals surface area (Å²) in [5.74, 6) is 2.27. The average Bonchev–Trinajstić information content (AvgIpc) is 3.44. The van der Waals surface area contributed by atoms with E-state index in [2.05, 4.69) is 36.9 Å². The summed E-state index contributed by atoms with van der Waals surface area (Å²) < 4.78 is 17.2. The van der Waals surface area contributed by atoms with E-state index in [9.17, 15) is 9.90 Å². The summed E-state index contributed by atoms with van der Waals surface area (Å²) in [6.45, 7) is 6.96. The Morgan fingerprint density at radius 3 is 2.29 bits per heavy atom. The quantitative estimate of drug-likeness (QED) is 0.684. The van der Waals surface area contributed by atoms with Gasteiger partial charge in [-0.25, -0.2) is 0 Å². The molecule has 0 spiro atoms. The van der Waals surface area contributed by atoms with Crippen LogP contribution >= 0.6 is 0 Å². The first-order chi connectivity index (χ1) is 16.4. The van der Waals surface area contributed by atoms with E-state index in [1.807, 2.05) is 18.2 Å². The zero-order chi connectivity index (χ0) is 24.0. The van der Waals surface area contributed by atoms with Crippen LogP contribution in [0.4, 0.5) is 0 Å². The van der Waals surface area contributed by atoms with Gasteiger partial charge in [-0.15, -0.1) is 0 Å². The standard InChI is InChI=1S/C28H33NO5/c1-17-18(2)28(17,27(30)31)16-29-11-9-19(10-12-29)26-23-7-5-21(32-3)13-20(23)15-34-25-8-6-22(33-4)14-24(25)26/h5-8,13-14,17-18H,9-12,15-16H2,1-4H3,(H,30,31). The molecule has 1 saturated carbocycles. The third kappa shape index (κ3) is 3.65. The van der Waals surface area contributed by atoms with Crippen LogP contribution in [0.15, 0.2) is 42.0 Å². The topological polar surface area (TPSA) is 68.2 Å². The van der Waals surface area contributed by atoms with E-state index in [1.54, 1.807) is 14.2 Å². The first-order valence-corrected chi connectivity index (χ1v) is 12.0. The first kappa shape index (κ1) is 22.8. The first-order valence-electron chi connectivity index (χ1n) is 12.0. The molecule has 0 aromatic heterocycles. The Balaban J connectivity index is 1.50. The molecule has 180 valence electrons. The van der Waals surface area contributed by atoms with Crippen molar-refractivity contribution in [3.8, 4) is 17.2 Å². The smallest absolute Gasteiger partial charge is 0.311 e. The number of fused-ring (bicyclic) bond motifs is 2. The Kier molecular flexibility index (Phi) is 5.80. The summed E-state index contributed by atoms with van der Waals surface area (Å²) in [6, 6.07) is 12.2. The Hall–Kier alpha value is -2.99. The average molecular weight is 464 g/mol. The van der Waals surface area contributed by atoms with Crippen molar-refractivity contribution in [2.24, 2.45) is 17.3 Å². The fourth-order valence-corrected chi connectivity index (χ4v) is 5.91. The largest absolute Gasteiger partial charge is 0.497 e. The Morgan fingerprint density at radius 2 is 1.68 bits per heavy atom. The number of benzene rings is 2. The molecule has 1 N–H and O–H groups in total. The summed E-state index contributed by atoms with van der Waals surface area (Å²) >= 11 is 0. The maximum atomic E-state index is 12.0. The van der Waals surface area contributed by atoms with Crippen LogP contribution in [-0.2, 0) is 11.4 Å². The molecular weight excluding hydrogens is 430 g/mol. The monoisotopic (exact) mass is 463 g/mol. The number of rotatable bonds is 5. The van der Waals surface area contributed by atoms with E-state index in [0.717, 1.165) is 54.3 Å². The van der Waals surface area contributed by atoms with E-state index < -0.39 is 11.4 Å². The van der Waals surface area contributed by atoms with Gasteiger partial charge < -0.3 is 24.2 Å². The van der Waals surface area contributed by atoms with Crippen molar-refractivity contribution >= 4 is 11.5 Å². The number of hydrogen-bond donors (Lipinski definition) is 1. The van der Waals surface area contributed by atoms with Crippen LogP contribution in [0, 0.1) is 17.3 Å². The zero-order valence-electron chi connectivity index (χ0n) is 20.4. The predicted molar refractivity (Wildman–Crippen MR) is 130 cm³/mol. The molecule has 0 bridgehead atoms. The van der Waals surface area contributed by atoms with E-state index >= 15 is 0 Å². The molecule has 1 aliphatic carbocycles. The van der Waals surface area contributed by atoms with Crippen molar-refractivity contribution in [1.29, 1.82) is 0 Å². The normalized spacial score (nSPS) is 26.1. The second-order valence-electron chi connectivity index (χ2n) is 9.85. The minimum Gasteiger partial charge on any atom is -0.497 e. The van der Waals surface area contributed by atoms with Crippen LogP contribution in [0.1, 0.15) is 43.4 Å². The van der Waals surface area contributed by atoms with Crippen molar-refractivity contribution in [3.63, 3.8) is 0 Å². The number of carboxylic acid groups (broad SMARTS) is 1. The second kappa shape index (κ2) is 8.66. The maximum Gasteiger partial charge on any atom is 0.311 e. The lowest BCUT2D eigenvalue weighted by Gasteiger charge is -2.32. The third-order valence-electron chi connectivity index (χ3n) is 8.38. The molecule has 6 heteroatoms. The van der Waals surface area contributed by atoms with Crippen molar-refractivity contribution in [2.45, 2.75) is 33.3 Å². The molecule has 2 atom stereocenters. The summed E-state index contributed by atoms with van der Waals surface area (Å²) in [5.41, 5.74) is 5.32. The fourth-order valence-electron chi connectivity index (χ4n) is 5.91. The van der Waals surface area contributed by atoms with Crippen LogP contribution in [-0.4, -0.2) is 49.8 Å². The number of hydrogen-bond acceptors (Lipinski definition) is 5.